The second-order valence-corrected chi connectivity index (χ2v) is 9.08. The van der Waals surface area contributed by atoms with Crippen molar-refractivity contribution in [3.8, 4) is 0 Å². The van der Waals surface area contributed by atoms with E-state index >= 15 is 0 Å². The minimum Gasteiger partial charge on any atom is -0.383 e. The van der Waals surface area contributed by atoms with E-state index in [0.29, 0.717) is 13.2 Å². The predicted octanol–water partition coefficient (Wildman–Crippen LogP) is 4.25. The number of imidazole rings is 1. The van der Waals surface area contributed by atoms with E-state index in [-0.39, 0.29) is 36.1 Å². The van der Waals surface area contributed by atoms with Crippen LogP contribution in [-0.2, 0) is 11.3 Å². The lowest BCUT2D eigenvalue weighted by atomic mass is 9.96. The van der Waals surface area contributed by atoms with Gasteiger partial charge in [-0.05, 0) is 23.1 Å². The Morgan fingerprint density at radius 2 is 2.03 bits per heavy atom. The highest BCUT2D eigenvalue weighted by atomic mass is 35.5. The Balaban J connectivity index is 0.00000210. The predicted molar refractivity (Wildman–Crippen MR) is 125 cm³/mol. The van der Waals surface area contributed by atoms with Gasteiger partial charge in [0.05, 0.1) is 17.6 Å². The lowest BCUT2D eigenvalue weighted by molar-refractivity contribution is 0.0750. The molecule has 0 spiro atoms. The first-order valence-electron chi connectivity index (χ1n) is 9.14. The largest absolute Gasteiger partial charge is 0.383 e. The van der Waals surface area contributed by atoms with E-state index in [1.165, 1.54) is 16.9 Å². The molecule has 0 bridgehead atoms. The van der Waals surface area contributed by atoms with Crippen LogP contribution in [0.25, 0.3) is 16.0 Å². The minimum atomic E-state index is 0. The second-order valence-electron chi connectivity index (χ2n) is 8.07. The molecule has 2 heterocycles. The summed E-state index contributed by atoms with van der Waals surface area (Å²) in [6.45, 7) is 9.39. The molecule has 6 nitrogen and oxygen atoms in total. The normalized spacial score (nSPS) is 11.3. The quantitative estimate of drug-likeness (QED) is 0.535. The van der Waals surface area contributed by atoms with Crippen molar-refractivity contribution >= 4 is 58.1 Å². The molecule has 1 aromatic carbocycles. The molecule has 9 heteroatoms. The van der Waals surface area contributed by atoms with E-state index in [0.717, 1.165) is 34.0 Å². The van der Waals surface area contributed by atoms with Crippen LogP contribution in [0.4, 0.5) is 0 Å². The number of carbonyl (C=O) groups is 1. The first kappa shape index (κ1) is 25.7. The van der Waals surface area contributed by atoms with Gasteiger partial charge in [-0.2, -0.15) is 0 Å². The lowest BCUT2D eigenvalue weighted by Crippen LogP contribution is -2.34. The fraction of sp³-hybridized carbons (Fsp3) is 0.500. The fourth-order valence-corrected chi connectivity index (χ4v) is 4.13. The number of ether oxygens (including phenoxy) is 1. The summed E-state index contributed by atoms with van der Waals surface area (Å²) in [5.41, 5.74) is 3.23. The van der Waals surface area contributed by atoms with Crippen LogP contribution < -0.4 is 5.32 Å². The van der Waals surface area contributed by atoms with Crippen LogP contribution in [0, 0.1) is 5.41 Å². The van der Waals surface area contributed by atoms with Crippen molar-refractivity contribution in [2.75, 3.05) is 33.9 Å². The van der Waals surface area contributed by atoms with E-state index in [9.17, 15) is 4.79 Å². The number of aromatic nitrogens is 2. The molecule has 1 amide bonds. The van der Waals surface area contributed by atoms with Crippen molar-refractivity contribution in [2.24, 2.45) is 5.41 Å². The molecule has 0 saturated carbocycles. The Bertz CT molecular complexity index is 949. The number of methoxy groups -OCH3 is 1. The van der Waals surface area contributed by atoms with Crippen molar-refractivity contribution in [1.29, 1.82) is 0 Å². The van der Waals surface area contributed by atoms with Crippen molar-refractivity contribution in [3.05, 3.63) is 34.8 Å². The van der Waals surface area contributed by atoms with E-state index in [1.54, 1.807) is 12.0 Å². The number of amides is 1. The second kappa shape index (κ2) is 10.6. The van der Waals surface area contributed by atoms with Crippen molar-refractivity contribution in [1.82, 2.24) is 19.6 Å². The summed E-state index contributed by atoms with van der Waals surface area (Å²) >= 11 is 1.44. The molecule has 0 aliphatic carbocycles. The van der Waals surface area contributed by atoms with E-state index in [4.69, 9.17) is 4.74 Å². The third-order valence-electron chi connectivity index (χ3n) is 4.25. The van der Waals surface area contributed by atoms with Gasteiger partial charge in [-0.3, -0.25) is 9.20 Å². The molecule has 1 N–H and O–H groups in total. The number of rotatable bonds is 7. The van der Waals surface area contributed by atoms with Gasteiger partial charge in [-0.25, -0.2) is 4.98 Å². The van der Waals surface area contributed by atoms with E-state index < -0.39 is 0 Å². The SMILES string of the molecule is COCCNCc1ccc2nc3sc(C(=O)N(C)CC(C)(C)C)cn3c2c1.Cl.Cl. The number of benzene rings is 1. The highest BCUT2D eigenvalue weighted by Gasteiger charge is 2.21. The maximum atomic E-state index is 12.8. The molecule has 162 valence electrons. The Kier molecular flexibility index (Phi) is 9.37. The molecule has 0 aliphatic heterocycles. The zero-order valence-corrected chi connectivity index (χ0v) is 20.0. The van der Waals surface area contributed by atoms with Crippen LogP contribution in [-0.4, -0.2) is 54.0 Å². The fourth-order valence-electron chi connectivity index (χ4n) is 3.14. The Morgan fingerprint density at radius 3 is 2.69 bits per heavy atom. The smallest absolute Gasteiger partial charge is 0.265 e. The van der Waals surface area contributed by atoms with Crippen LogP contribution in [0.2, 0.25) is 0 Å². The maximum Gasteiger partial charge on any atom is 0.265 e. The van der Waals surface area contributed by atoms with Crippen LogP contribution in [0.15, 0.2) is 24.4 Å². The summed E-state index contributed by atoms with van der Waals surface area (Å²) in [4.78, 5) is 20.8. The number of carbonyl (C=O) groups excluding carboxylic acids is 1. The maximum absolute atomic E-state index is 12.8. The van der Waals surface area contributed by atoms with Gasteiger partial charge in [0.1, 0.15) is 4.88 Å². The molecule has 0 unspecified atom stereocenters. The van der Waals surface area contributed by atoms with Gasteiger partial charge in [0, 0.05) is 40.0 Å². The molecule has 2 aromatic heterocycles. The van der Waals surface area contributed by atoms with Crippen LogP contribution in [0.5, 0.6) is 0 Å². The summed E-state index contributed by atoms with van der Waals surface area (Å²) < 4.78 is 7.08. The van der Waals surface area contributed by atoms with Crippen LogP contribution in [0.1, 0.15) is 36.0 Å². The summed E-state index contributed by atoms with van der Waals surface area (Å²) in [6, 6.07) is 6.26. The number of halogens is 2. The first-order chi connectivity index (χ1) is 12.8. The third kappa shape index (κ3) is 6.30. The van der Waals surface area contributed by atoms with E-state index in [2.05, 4.69) is 43.2 Å². The first-order valence-corrected chi connectivity index (χ1v) is 9.96. The summed E-state index contributed by atoms with van der Waals surface area (Å²) in [6.07, 6.45) is 1.92. The number of hydrogen-bond donors (Lipinski definition) is 1. The molecular formula is C20H30Cl2N4O2S. The molecule has 0 atom stereocenters. The summed E-state index contributed by atoms with van der Waals surface area (Å²) in [7, 11) is 3.56. The minimum absolute atomic E-state index is 0. The number of hydrogen-bond acceptors (Lipinski definition) is 5. The monoisotopic (exact) mass is 460 g/mol. The molecule has 3 rings (SSSR count). The number of thiazole rings is 1. The van der Waals surface area contributed by atoms with E-state index in [1.807, 2.05) is 23.7 Å². The van der Waals surface area contributed by atoms with Crippen LogP contribution >= 0.6 is 36.2 Å². The lowest BCUT2D eigenvalue weighted by Gasteiger charge is -2.26. The number of nitrogens with zero attached hydrogens (tertiary/aromatic N) is 3. The molecule has 3 aromatic rings. The molecule has 0 saturated heterocycles. The zero-order valence-electron chi connectivity index (χ0n) is 17.5. The standard InChI is InChI=1S/C20H28N4O2S.2ClH/c1-20(2,3)13-23(4)18(25)17-12-24-16-10-14(11-21-8-9-26-5)6-7-15(16)22-19(24)27-17;;/h6-7,10,12,21H,8-9,11,13H2,1-5H3;2*1H. The summed E-state index contributed by atoms with van der Waals surface area (Å²) in [5, 5.41) is 3.35. The average Bonchev–Trinajstić information content (AvgIpc) is 3.14. The molecule has 0 radical (unpaired) electrons. The molecule has 0 fully saturated rings. The number of fused-ring (bicyclic) bond motifs is 3. The molecular weight excluding hydrogens is 431 g/mol. The van der Waals surface area contributed by atoms with Gasteiger partial charge in [-0.15, -0.1) is 24.8 Å². The summed E-state index contributed by atoms with van der Waals surface area (Å²) in [5.74, 6) is 0.0472. The van der Waals surface area contributed by atoms with Gasteiger partial charge >= 0.3 is 0 Å². The van der Waals surface area contributed by atoms with Gasteiger partial charge < -0.3 is 15.0 Å². The van der Waals surface area contributed by atoms with Crippen molar-refractivity contribution in [2.45, 2.75) is 27.3 Å². The van der Waals surface area contributed by atoms with Gasteiger partial charge in [0.25, 0.3) is 5.91 Å². The highest BCUT2D eigenvalue weighted by Crippen LogP contribution is 2.26. The molecule has 29 heavy (non-hydrogen) atoms. The van der Waals surface area contributed by atoms with Gasteiger partial charge in [-0.1, -0.05) is 38.2 Å². The molecule has 0 aliphatic rings. The van der Waals surface area contributed by atoms with Crippen LogP contribution in [0.3, 0.4) is 0 Å². The average molecular weight is 461 g/mol. The van der Waals surface area contributed by atoms with Crippen molar-refractivity contribution < 1.29 is 9.53 Å². The number of nitrogens with one attached hydrogen (secondary N) is 1. The topological polar surface area (TPSA) is 58.9 Å². The van der Waals surface area contributed by atoms with Gasteiger partial charge in [0.15, 0.2) is 4.96 Å². The third-order valence-corrected chi connectivity index (χ3v) is 5.22. The van der Waals surface area contributed by atoms with Crippen molar-refractivity contribution in [3.63, 3.8) is 0 Å². The highest BCUT2D eigenvalue weighted by molar-refractivity contribution is 7.18. The Labute approximate surface area is 188 Å². The zero-order chi connectivity index (χ0) is 19.6. The van der Waals surface area contributed by atoms with Gasteiger partial charge in [0.2, 0.25) is 0 Å². The Hall–Kier alpha value is -1.38. The Morgan fingerprint density at radius 1 is 1.31 bits per heavy atom.